The van der Waals surface area contributed by atoms with Gasteiger partial charge in [0, 0.05) is 32.0 Å². The fourth-order valence-electron chi connectivity index (χ4n) is 3.41. The highest BCUT2D eigenvalue weighted by atomic mass is 32.2. The van der Waals surface area contributed by atoms with Gasteiger partial charge in [0.05, 0.1) is 5.75 Å². The molecule has 0 atom stereocenters. The molecule has 0 radical (unpaired) electrons. The van der Waals surface area contributed by atoms with E-state index in [1.165, 1.54) is 22.9 Å². The summed E-state index contributed by atoms with van der Waals surface area (Å²) in [5.74, 6) is 1.42. The summed E-state index contributed by atoms with van der Waals surface area (Å²) in [5.41, 5.74) is 7.85. The molecule has 1 aromatic carbocycles. The number of thioether (sulfide) groups is 1. The number of fused-ring (bicyclic) bond motifs is 1. The molecule has 0 unspecified atom stereocenters. The summed E-state index contributed by atoms with van der Waals surface area (Å²) in [7, 11) is 0. The molecule has 2 heterocycles. The lowest BCUT2D eigenvalue weighted by atomic mass is 10.00. The van der Waals surface area contributed by atoms with Crippen LogP contribution in [0.1, 0.15) is 42.1 Å². The molecule has 0 spiro atoms. The highest BCUT2D eigenvalue weighted by Gasteiger charge is 2.31. The molecule has 0 saturated heterocycles. The fraction of sp³-hybridized carbons (Fsp3) is 0.474. The first-order chi connectivity index (χ1) is 13.1. The third-order valence-electron chi connectivity index (χ3n) is 5.08. The van der Waals surface area contributed by atoms with Crippen LogP contribution >= 0.6 is 11.8 Å². The van der Waals surface area contributed by atoms with E-state index in [4.69, 9.17) is 5.73 Å². The topological polar surface area (TPSA) is 94.1 Å². The molecule has 0 bridgehead atoms. The number of amides is 2. The van der Waals surface area contributed by atoms with Crippen LogP contribution in [-0.4, -0.2) is 43.8 Å². The minimum atomic E-state index is -0.343. The summed E-state index contributed by atoms with van der Waals surface area (Å²) >= 11 is 1.39. The number of carbonyl (C=O) groups excluding carboxylic acids is 2. The Morgan fingerprint density at radius 1 is 1.19 bits per heavy atom. The zero-order valence-electron chi connectivity index (χ0n) is 15.1. The van der Waals surface area contributed by atoms with Gasteiger partial charge in [-0.1, -0.05) is 36.0 Å². The maximum Gasteiger partial charge on any atom is 0.233 e. The van der Waals surface area contributed by atoms with Gasteiger partial charge < -0.3 is 15.2 Å². The molecule has 2 N–H and O–H groups in total. The van der Waals surface area contributed by atoms with E-state index in [9.17, 15) is 9.59 Å². The standard InChI is InChI=1S/C19H23N5O2S/c20-16(25)8-10-24-18(14-5-6-14)21-22-19(24)27-12-17(26)23-9-7-13-3-1-2-4-15(13)11-23/h1-4,14H,5-12H2,(H2,20,25). The Balaban J connectivity index is 1.40. The number of benzene rings is 1. The van der Waals surface area contributed by atoms with Crippen molar-refractivity contribution >= 4 is 23.6 Å². The number of rotatable bonds is 7. The molecule has 8 heteroatoms. The van der Waals surface area contributed by atoms with Crippen molar-refractivity contribution in [3.05, 3.63) is 41.2 Å². The van der Waals surface area contributed by atoms with Crippen molar-refractivity contribution in [2.24, 2.45) is 5.73 Å². The van der Waals surface area contributed by atoms with Gasteiger partial charge in [-0.2, -0.15) is 0 Å². The molecule has 1 saturated carbocycles. The second-order valence-corrected chi connectivity index (χ2v) is 8.05. The Kier molecular flexibility index (Phi) is 5.15. The van der Waals surface area contributed by atoms with Gasteiger partial charge in [0.1, 0.15) is 5.82 Å². The zero-order chi connectivity index (χ0) is 18.8. The van der Waals surface area contributed by atoms with Crippen molar-refractivity contribution in [2.45, 2.75) is 49.8 Å². The Hall–Kier alpha value is -2.35. The summed E-state index contributed by atoms with van der Waals surface area (Å²) in [6.45, 7) is 1.89. The first-order valence-corrected chi connectivity index (χ1v) is 10.3. The Morgan fingerprint density at radius 2 is 1.96 bits per heavy atom. The average molecular weight is 385 g/mol. The van der Waals surface area contributed by atoms with Gasteiger partial charge in [-0.05, 0) is 30.4 Å². The van der Waals surface area contributed by atoms with Gasteiger partial charge in [0.2, 0.25) is 11.8 Å². The Labute approximate surface area is 162 Å². The van der Waals surface area contributed by atoms with E-state index in [1.807, 2.05) is 21.6 Å². The van der Waals surface area contributed by atoms with Gasteiger partial charge in [0.25, 0.3) is 0 Å². The number of nitrogens with zero attached hydrogens (tertiary/aromatic N) is 4. The van der Waals surface area contributed by atoms with E-state index >= 15 is 0 Å². The van der Waals surface area contributed by atoms with Crippen molar-refractivity contribution in [1.82, 2.24) is 19.7 Å². The van der Waals surface area contributed by atoms with Crippen LogP contribution in [-0.2, 0) is 29.1 Å². The Bertz CT molecular complexity index is 862. The van der Waals surface area contributed by atoms with Gasteiger partial charge in [-0.15, -0.1) is 10.2 Å². The molecule has 1 aromatic heterocycles. The molecule has 1 aliphatic heterocycles. The normalized spacial score (nSPS) is 16.2. The van der Waals surface area contributed by atoms with E-state index in [2.05, 4.69) is 22.3 Å². The van der Waals surface area contributed by atoms with E-state index in [1.54, 1.807) is 0 Å². The minimum absolute atomic E-state index is 0.104. The number of primary amides is 1. The largest absolute Gasteiger partial charge is 0.370 e. The molecule has 27 heavy (non-hydrogen) atoms. The molecule has 2 aliphatic rings. The number of nitrogens with two attached hydrogens (primary N) is 1. The number of carbonyl (C=O) groups is 2. The lowest BCUT2D eigenvalue weighted by Gasteiger charge is -2.28. The average Bonchev–Trinajstić information content (AvgIpc) is 3.44. The summed E-state index contributed by atoms with van der Waals surface area (Å²) < 4.78 is 1.96. The second kappa shape index (κ2) is 7.72. The molecule has 2 aromatic rings. The van der Waals surface area contributed by atoms with E-state index in [0.717, 1.165) is 31.6 Å². The van der Waals surface area contributed by atoms with Crippen LogP contribution in [0.15, 0.2) is 29.4 Å². The number of hydrogen-bond acceptors (Lipinski definition) is 5. The van der Waals surface area contributed by atoms with Gasteiger partial charge in [-0.3, -0.25) is 9.59 Å². The van der Waals surface area contributed by atoms with Crippen LogP contribution in [0.4, 0.5) is 0 Å². The van der Waals surface area contributed by atoms with Gasteiger partial charge in [-0.25, -0.2) is 0 Å². The molecule has 142 valence electrons. The maximum atomic E-state index is 12.7. The second-order valence-electron chi connectivity index (χ2n) is 7.11. The van der Waals surface area contributed by atoms with E-state index < -0.39 is 0 Å². The lowest BCUT2D eigenvalue weighted by Crippen LogP contribution is -2.37. The molecule has 1 fully saturated rings. The highest BCUT2D eigenvalue weighted by Crippen LogP contribution is 2.40. The van der Waals surface area contributed by atoms with Crippen LogP contribution in [0, 0.1) is 0 Å². The number of aromatic nitrogens is 3. The van der Waals surface area contributed by atoms with Crippen LogP contribution in [0.2, 0.25) is 0 Å². The summed E-state index contributed by atoms with van der Waals surface area (Å²) in [6.07, 6.45) is 3.35. The fourth-order valence-corrected chi connectivity index (χ4v) is 4.28. The van der Waals surface area contributed by atoms with Crippen molar-refractivity contribution < 1.29 is 9.59 Å². The van der Waals surface area contributed by atoms with Crippen LogP contribution < -0.4 is 5.73 Å². The van der Waals surface area contributed by atoms with Crippen molar-refractivity contribution in [3.63, 3.8) is 0 Å². The van der Waals surface area contributed by atoms with Gasteiger partial charge in [0.15, 0.2) is 5.16 Å². The highest BCUT2D eigenvalue weighted by molar-refractivity contribution is 7.99. The SMILES string of the molecule is NC(=O)CCn1c(SCC(=O)N2CCc3ccccc3C2)nnc1C1CC1. The molecular weight excluding hydrogens is 362 g/mol. The van der Waals surface area contributed by atoms with E-state index in [0.29, 0.717) is 29.9 Å². The first kappa shape index (κ1) is 18.0. The minimum Gasteiger partial charge on any atom is -0.370 e. The number of hydrogen-bond donors (Lipinski definition) is 1. The third kappa shape index (κ3) is 4.16. The summed E-state index contributed by atoms with van der Waals surface area (Å²) in [6, 6.07) is 8.28. The smallest absolute Gasteiger partial charge is 0.233 e. The zero-order valence-corrected chi connectivity index (χ0v) is 16.0. The molecule has 4 rings (SSSR count). The molecule has 7 nitrogen and oxygen atoms in total. The van der Waals surface area contributed by atoms with Crippen LogP contribution in [0.3, 0.4) is 0 Å². The predicted octanol–water partition coefficient (Wildman–Crippen LogP) is 1.71. The summed E-state index contributed by atoms with van der Waals surface area (Å²) in [5, 5.41) is 9.25. The lowest BCUT2D eigenvalue weighted by molar-refractivity contribution is -0.129. The maximum absolute atomic E-state index is 12.7. The van der Waals surface area contributed by atoms with Crippen molar-refractivity contribution in [2.75, 3.05) is 12.3 Å². The Morgan fingerprint density at radius 3 is 2.70 bits per heavy atom. The summed E-state index contributed by atoms with van der Waals surface area (Å²) in [4.78, 5) is 25.8. The molecular formula is C19H23N5O2S. The van der Waals surface area contributed by atoms with Gasteiger partial charge >= 0.3 is 0 Å². The quantitative estimate of drug-likeness (QED) is 0.732. The van der Waals surface area contributed by atoms with E-state index in [-0.39, 0.29) is 18.2 Å². The van der Waals surface area contributed by atoms with Crippen molar-refractivity contribution in [3.8, 4) is 0 Å². The third-order valence-corrected chi connectivity index (χ3v) is 6.03. The molecule has 1 aliphatic carbocycles. The van der Waals surface area contributed by atoms with Crippen LogP contribution in [0.5, 0.6) is 0 Å². The first-order valence-electron chi connectivity index (χ1n) is 9.30. The molecule has 2 amide bonds. The monoisotopic (exact) mass is 385 g/mol. The van der Waals surface area contributed by atoms with Crippen molar-refractivity contribution in [1.29, 1.82) is 0 Å². The van der Waals surface area contributed by atoms with Crippen LogP contribution in [0.25, 0.3) is 0 Å². The predicted molar refractivity (Wildman–Crippen MR) is 102 cm³/mol.